The van der Waals surface area contributed by atoms with Crippen LogP contribution in [0, 0.1) is 11.8 Å². The molecule has 2 aromatic carbocycles. The molecule has 0 bridgehead atoms. The summed E-state index contributed by atoms with van der Waals surface area (Å²) in [4.78, 5) is 12.4. The van der Waals surface area contributed by atoms with Crippen LogP contribution in [0.1, 0.15) is 107 Å². The van der Waals surface area contributed by atoms with E-state index in [-0.39, 0.29) is 17.3 Å². The fraction of sp³-hybridized carbons (Fsp3) is 0.516. The summed E-state index contributed by atoms with van der Waals surface area (Å²) in [5.74, 6) is 7.51. The number of hydrogen-bond donors (Lipinski definition) is 0. The summed E-state index contributed by atoms with van der Waals surface area (Å²) in [6, 6.07) is 12.6. The van der Waals surface area contributed by atoms with E-state index in [0.717, 1.165) is 61.2 Å². The van der Waals surface area contributed by atoms with Gasteiger partial charge in [0.05, 0.1) is 19.1 Å². The van der Waals surface area contributed by atoms with Gasteiger partial charge in [0.2, 0.25) is 0 Å². The lowest BCUT2D eigenvalue weighted by Gasteiger charge is -2.33. The first-order valence-corrected chi connectivity index (χ1v) is 13.0. The van der Waals surface area contributed by atoms with Crippen molar-refractivity contribution >= 4 is 5.97 Å². The number of unbranched alkanes of at least 4 members (excludes halogenated alkanes) is 2. The van der Waals surface area contributed by atoms with Crippen molar-refractivity contribution in [3.8, 4) is 17.6 Å². The molecule has 1 aliphatic rings. The first-order valence-electron chi connectivity index (χ1n) is 13.0. The fourth-order valence-electron chi connectivity index (χ4n) is 4.60. The molecule has 0 radical (unpaired) electrons. The summed E-state index contributed by atoms with van der Waals surface area (Å²) in [6.07, 6.45) is 7.34. The Kier molecular flexibility index (Phi) is 9.22. The minimum absolute atomic E-state index is 0.0923. The molecule has 34 heavy (non-hydrogen) atoms. The topological polar surface area (TPSA) is 35.5 Å². The number of ether oxygens (including phenoxy) is 2. The quantitative estimate of drug-likeness (QED) is 0.223. The summed E-state index contributed by atoms with van der Waals surface area (Å²) in [5, 5.41) is 0. The number of esters is 1. The molecule has 1 aliphatic heterocycles. The van der Waals surface area contributed by atoms with Crippen molar-refractivity contribution in [1.82, 2.24) is 0 Å². The van der Waals surface area contributed by atoms with E-state index in [0.29, 0.717) is 6.61 Å². The van der Waals surface area contributed by atoms with Gasteiger partial charge >= 0.3 is 5.97 Å². The lowest BCUT2D eigenvalue weighted by molar-refractivity contribution is -0.145. The SMILES string of the molecule is CCCCCc1cc2c(cc1C#Cc1ccc(C(CCC)C(=O)OCC)cc1)C(C)(C)CCO2. The van der Waals surface area contributed by atoms with Crippen LogP contribution in [0.2, 0.25) is 0 Å². The maximum atomic E-state index is 12.4. The van der Waals surface area contributed by atoms with Crippen molar-refractivity contribution in [3.63, 3.8) is 0 Å². The van der Waals surface area contributed by atoms with Crippen LogP contribution in [0.4, 0.5) is 0 Å². The highest BCUT2D eigenvalue weighted by molar-refractivity contribution is 5.78. The van der Waals surface area contributed by atoms with Gasteiger partial charge in [-0.2, -0.15) is 0 Å². The normalized spacial score (nSPS) is 14.9. The van der Waals surface area contributed by atoms with E-state index in [2.05, 4.69) is 51.7 Å². The Hall–Kier alpha value is -2.73. The molecule has 1 atom stereocenters. The Labute approximate surface area is 206 Å². The highest BCUT2D eigenvalue weighted by atomic mass is 16.5. The Morgan fingerprint density at radius 3 is 2.50 bits per heavy atom. The van der Waals surface area contributed by atoms with E-state index >= 15 is 0 Å². The molecule has 3 rings (SSSR count). The first kappa shape index (κ1) is 25.9. The zero-order valence-electron chi connectivity index (χ0n) is 21.6. The van der Waals surface area contributed by atoms with Gasteiger partial charge in [0.15, 0.2) is 0 Å². The lowest BCUT2D eigenvalue weighted by Crippen LogP contribution is -2.27. The third kappa shape index (κ3) is 6.44. The Morgan fingerprint density at radius 2 is 1.82 bits per heavy atom. The number of aryl methyl sites for hydroxylation is 1. The Morgan fingerprint density at radius 1 is 1.06 bits per heavy atom. The molecule has 3 heteroatoms. The molecular weight excluding hydrogens is 420 g/mol. The predicted octanol–water partition coefficient (Wildman–Crippen LogP) is 7.33. The van der Waals surface area contributed by atoms with E-state index in [1.54, 1.807) is 0 Å². The molecule has 3 nitrogen and oxygen atoms in total. The zero-order chi connectivity index (χ0) is 24.6. The molecule has 0 saturated heterocycles. The maximum Gasteiger partial charge on any atom is 0.313 e. The lowest BCUT2D eigenvalue weighted by atomic mass is 9.78. The number of fused-ring (bicyclic) bond motifs is 1. The second-order valence-corrected chi connectivity index (χ2v) is 9.91. The highest BCUT2D eigenvalue weighted by Crippen LogP contribution is 2.40. The number of hydrogen-bond acceptors (Lipinski definition) is 3. The van der Waals surface area contributed by atoms with Gasteiger partial charge in [0.25, 0.3) is 0 Å². The van der Waals surface area contributed by atoms with E-state index in [4.69, 9.17) is 9.47 Å². The van der Waals surface area contributed by atoms with Crippen LogP contribution >= 0.6 is 0 Å². The standard InChI is InChI=1S/C31H40O3/c1-6-9-10-12-25-22-29-28(31(4,5)19-20-34-29)21-26(25)18-15-23-13-16-24(17-14-23)27(11-7-2)30(32)33-8-3/h13-14,16-17,21-22,27H,6-12,19-20H2,1-5H3. The number of carbonyl (C=O) groups is 1. The Balaban J connectivity index is 1.89. The summed E-state index contributed by atoms with van der Waals surface area (Å²) in [7, 11) is 0. The molecule has 0 saturated carbocycles. The largest absolute Gasteiger partial charge is 0.493 e. The van der Waals surface area contributed by atoms with Gasteiger partial charge < -0.3 is 9.47 Å². The average Bonchev–Trinajstić information content (AvgIpc) is 2.82. The van der Waals surface area contributed by atoms with E-state index < -0.39 is 0 Å². The summed E-state index contributed by atoms with van der Waals surface area (Å²) in [5.41, 5.74) is 5.69. The Bertz CT molecular complexity index is 1020. The second-order valence-electron chi connectivity index (χ2n) is 9.91. The van der Waals surface area contributed by atoms with Gasteiger partial charge in [-0.25, -0.2) is 0 Å². The highest BCUT2D eigenvalue weighted by Gasteiger charge is 2.29. The third-order valence-corrected chi connectivity index (χ3v) is 6.77. The van der Waals surface area contributed by atoms with Crippen molar-refractivity contribution in [2.24, 2.45) is 0 Å². The molecule has 0 aliphatic carbocycles. The molecular formula is C31H40O3. The van der Waals surface area contributed by atoms with Crippen LogP contribution in [0.3, 0.4) is 0 Å². The number of rotatable bonds is 9. The van der Waals surface area contributed by atoms with Crippen molar-refractivity contribution in [2.75, 3.05) is 13.2 Å². The summed E-state index contributed by atoms with van der Waals surface area (Å²) in [6.45, 7) is 11.9. The van der Waals surface area contributed by atoms with Crippen LogP contribution < -0.4 is 4.74 Å². The van der Waals surface area contributed by atoms with Crippen molar-refractivity contribution in [2.45, 2.75) is 90.9 Å². The van der Waals surface area contributed by atoms with Gasteiger partial charge in [-0.1, -0.05) is 70.9 Å². The maximum absolute atomic E-state index is 12.4. The van der Waals surface area contributed by atoms with Crippen molar-refractivity contribution in [3.05, 3.63) is 64.2 Å². The van der Waals surface area contributed by atoms with Gasteiger partial charge in [0.1, 0.15) is 5.75 Å². The van der Waals surface area contributed by atoms with Crippen LogP contribution in [-0.4, -0.2) is 19.2 Å². The van der Waals surface area contributed by atoms with Gasteiger partial charge in [-0.15, -0.1) is 0 Å². The van der Waals surface area contributed by atoms with Crippen molar-refractivity contribution < 1.29 is 14.3 Å². The summed E-state index contributed by atoms with van der Waals surface area (Å²) < 4.78 is 11.3. The van der Waals surface area contributed by atoms with E-state index in [1.165, 1.54) is 24.0 Å². The van der Waals surface area contributed by atoms with Gasteiger partial charge in [0, 0.05) is 16.7 Å². The third-order valence-electron chi connectivity index (χ3n) is 6.77. The minimum Gasteiger partial charge on any atom is -0.493 e. The molecule has 0 amide bonds. The molecule has 2 aromatic rings. The molecule has 1 heterocycles. The molecule has 1 unspecified atom stereocenters. The molecule has 182 valence electrons. The average molecular weight is 461 g/mol. The van der Waals surface area contributed by atoms with Crippen LogP contribution in [-0.2, 0) is 21.4 Å². The second kappa shape index (κ2) is 12.1. The number of carbonyl (C=O) groups excluding carboxylic acids is 1. The number of benzene rings is 2. The van der Waals surface area contributed by atoms with Gasteiger partial charge in [-0.3, -0.25) is 4.79 Å². The molecule has 0 fully saturated rings. The summed E-state index contributed by atoms with van der Waals surface area (Å²) >= 11 is 0. The van der Waals surface area contributed by atoms with Crippen LogP contribution in [0.25, 0.3) is 0 Å². The van der Waals surface area contributed by atoms with E-state index in [9.17, 15) is 4.79 Å². The molecule has 0 N–H and O–H groups in total. The van der Waals surface area contributed by atoms with Crippen LogP contribution in [0.5, 0.6) is 5.75 Å². The first-order chi connectivity index (χ1) is 16.4. The predicted molar refractivity (Wildman–Crippen MR) is 140 cm³/mol. The van der Waals surface area contributed by atoms with Crippen molar-refractivity contribution in [1.29, 1.82) is 0 Å². The fourth-order valence-corrected chi connectivity index (χ4v) is 4.60. The monoisotopic (exact) mass is 460 g/mol. The smallest absolute Gasteiger partial charge is 0.313 e. The van der Waals surface area contributed by atoms with Crippen LogP contribution in [0.15, 0.2) is 36.4 Å². The molecule has 0 aromatic heterocycles. The zero-order valence-corrected chi connectivity index (χ0v) is 21.6. The minimum atomic E-state index is -0.208. The molecule has 0 spiro atoms. The van der Waals surface area contributed by atoms with E-state index in [1.807, 2.05) is 31.2 Å². The van der Waals surface area contributed by atoms with Gasteiger partial charge in [-0.05, 0) is 73.4 Å².